The van der Waals surface area contributed by atoms with Crippen LogP contribution >= 0.6 is 0 Å². The first-order valence-electron chi connectivity index (χ1n) is 35.9. The molecule has 0 bridgehead atoms. The Morgan fingerprint density at radius 1 is 0.363 bits per heavy atom. The van der Waals surface area contributed by atoms with Crippen molar-refractivity contribution < 1.29 is 57.2 Å². The normalized spacial score (nSPS) is 15.6. The van der Waals surface area contributed by atoms with E-state index in [-0.39, 0.29) is 166 Å². The maximum Gasteiger partial charge on any atom is 0.255 e. The van der Waals surface area contributed by atoms with E-state index in [4.69, 9.17) is 73.0 Å². The van der Waals surface area contributed by atoms with Crippen molar-refractivity contribution in [3.05, 3.63) is 69.8 Å². The second-order valence-corrected chi connectivity index (χ2v) is 26.7. The van der Waals surface area contributed by atoms with Crippen LogP contribution in [0.3, 0.4) is 0 Å². The number of hydrogen-bond acceptors (Lipinski definition) is 18. The Hall–Kier alpha value is -9.32. The van der Waals surface area contributed by atoms with Gasteiger partial charge in [0.25, 0.3) is 23.6 Å². The molecule has 2 aliphatic rings. The number of methoxy groups -OCH3 is 2. The highest BCUT2D eigenvalue weighted by Crippen LogP contribution is 2.38. The number of rotatable bonds is 48. The van der Waals surface area contributed by atoms with Crippen LogP contribution in [0, 0.1) is 33.5 Å². The van der Waals surface area contributed by atoms with E-state index in [0.29, 0.717) is 129 Å². The Balaban J connectivity index is 1.25. The first-order valence-corrected chi connectivity index (χ1v) is 35.9. The first kappa shape index (κ1) is 83.3. The van der Waals surface area contributed by atoms with Crippen LogP contribution in [0.1, 0.15) is 203 Å². The fraction of sp³-hybridized carbons (Fsp3) is 0.611. The third-order valence-electron chi connectivity index (χ3n) is 17.8. The number of hydrogen-bond donors (Lipinski definition) is 16. The quantitative estimate of drug-likeness (QED) is 0.0143. The lowest BCUT2D eigenvalue weighted by Crippen LogP contribution is -2.38. The van der Waals surface area contributed by atoms with Crippen molar-refractivity contribution in [2.75, 3.05) is 121 Å². The highest BCUT2D eigenvalue weighted by atomic mass is 16.5. The molecule has 2 fully saturated rings. The molecule has 566 valence electrons. The number of benzene rings is 3. The SMILES string of the molecule is COc1cc(OC)c(C(=O)C[C@H]2CC[C@H](NC(=O)c3cc(C(=O)NCCN(C)C)c(OCCCCCNC(=N)N)cc3OCCCCCNC(=N)N)CC2)cc1C(=O)C[C@H]1CC[C@H](NC(=O)c2cc(C(=O)NCCN(C)C)c(OCCCCCNC(=N)N)cc2OCCCCCNC(=N)N)CC1. The molecule has 0 aliphatic heterocycles. The van der Waals surface area contributed by atoms with Gasteiger partial charge < -0.3 is 104 Å². The highest BCUT2D eigenvalue weighted by molar-refractivity contribution is 6.06. The molecule has 102 heavy (non-hydrogen) atoms. The number of ether oxygens (including phenoxy) is 6. The predicted octanol–water partition coefficient (Wildman–Crippen LogP) is 5.54. The number of nitrogens with two attached hydrogens (primary N) is 4. The fourth-order valence-electron chi connectivity index (χ4n) is 12.1. The molecule has 0 atom stereocenters. The van der Waals surface area contributed by atoms with Gasteiger partial charge in [0.15, 0.2) is 35.4 Å². The number of amides is 4. The van der Waals surface area contributed by atoms with Crippen LogP contribution in [-0.4, -0.2) is 202 Å². The van der Waals surface area contributed by atoms with E-state index in [1.54, 1.807) is 24.3 Å². The molecule has 30 nitrogen and oxygen atoms in total. The average molecular weight is 1430 g/mol. The summed E-state index contributed by atoms with van der Waals surface area (Å²) in [7, 11) is 10.6. The summed E-state index contributed by atoms with van der Waals surface area (Å²) >= 11 is 0. The molecule has 4 amide bonds. The molecule has 0 aromatic heterocycles. The molecule has 20 N–H and O–H groups in total. The Labute approximate surface area is 601 Å². The number of guanidine groups is 4. The number of unbranched alkanes of at least 4 members (excludes halogenated alkanes) is 8. The maximum absolute atomic E-state index is 14.5. The van der Waals surface area contributed by atoms with Crippen LogP contribution in [0.4, 0.5) is 0 Å². The van der Waals surface area contributed by atoms with Gasteiger partial charge in [0.1, 0.15) is 34.5 Å². The maximum atomic E-state index is 14.5. The van der Waals surface area contributed by atoms with E-state index < -0.39 is 23.6 Å². The van der Waals surface area contributed by atoms with Gasteiger partial charge in [-0.25, -0.2) is 0 Å². The first-order chi connectivity index (χ1) is 49.0. The van der Waals surface area contributed by atoms with Crippen molar-refractivity contribution >= 4 is 59.0 Å². The zero-order chi connectivity index (χ0) is 74.3. The second-order valence-electron chi connectivity index (χ2n) is 26.7. The Bertz CT molecular complexity index is 3020. The molecule has 0 spiro atoms. The number of nitrogens with one attached hydrogen (secondary N) is 12. The summed E-state index contributed by atoms with van der Waals surface area (Å²) in [4.78, 5) is 89.4. The van der Waals surface area contributed by atoms with Gasteiger partial charge in [-0.15, -0.1) is 0 Å². The Kier molecular flexibility index (Phi) is 37.2. The van der Waals surface area contributed by atoms with Crippen LogP contribution in [-0.2, 0) is 0 Å². The largest absolute Gasteiger partial charge is 0.496 e. The highest BCUT2D eigenvalue weighted by Gasteiger charge is 2.32. The lowest BCUT2D eigenvalue weighted by Gasteiger charge is -2.29. The molecular formula is C72H116N18O12. The molecule has 3 aromatic rings. The summed E-state index contributed by atoms with van der Waals surface area (Å²) in [5.41, 5.74) is 23.1. The summed E-state index contributed by atoms with van der Waals surface area (Å²) < 4.78 is 36.6. The van der Waals surface area contributed by atoms with Crippen LogP contribution < -0.4 is 93.9 Å². The lowest BCUT2D eigenvalue weighted by atomic mass is 9.81. The van der Waals surface area contributed by atoms with Gasteiger partial charge in [-0.3, -0.25) is 50.4 Å². The van der Waals surface area contributed by atoms with E-state index in [0.717, 1.165) is 51.4 Å². The van der Waals surface area contributed by atoms with Gasteiger partial charge in [-0.1, -0.05) is 0 Å². The van der Waals surface area contributed by atoms with Crippen molar-refractivity contribution in [2.24, 2.45) is 34.8 Å². The van der Waals surface area contributed by atoms with Crippen LogP contribution in [0.2, 0.25) is 0 Å². The van der Waals surface area contributed by atoms with Crippen molar-refractivity contribution in [3.63, 3.8) is 0 Å². The number of likely N-dealkylation sites (N-methyl/N-ethyl adjacent to an activating group) is 2. The topological polar surface area (TPSA) is 460 Å². The van der Waals surface area contributed by atoms with E-state index in [1.165, 1.54) is 26.4 Å². The fourth-order valence-corrected chi connectivity index (χ4v) is 12.1. The molecule has 0 unspecified atom stereocenters. The minimum atomic E-state index is -0.417. The average Bonchev–Trinajstić information content (AvgIpc) is 0.814. The number of nitrogens with zero attached hydrogens (tertiary/aromatic N) is 2. The summed E-state index contributed by atoms with van der Waals surface area (Å²) in [6.07, 6.45) is 13.9. The van der Waals surface area contributed by atoms with Crippen LogP contribution in [0.15, 0.2) is 36.4 Å². The van der Waals surface area contributed by atoms with Gasteiger partial charge in [-0.2, -0.15) is 0 Å². The number of Topliss-reactive ketones (excluding diaryl/α,β-unsaturated/α-hetero) is 2. The molecule has 30 heteroatoms. The smallest absolute Gasteiger partial charge is 0.255 e. The van der Waals surface area contributed by atoms with Gasteiger partial charge >= 0.3 is 0 Å². The Morgan fingerprint density at radius 2 is 0.637 bits per heavy atom. The van der Waals surface area contributed by atoms with Crippen LogP contribution in [0.25, 0.3) is 0 Å². The van der Waals surface area contributed by atoms with E-state index in [2.05, 4.69) is 42.5 Å². The van der Waals surface area contributed by atoms with E-state index in [1.807, 2.05) is 38.0 Å². The molecule has 2 saturated carbocycles. The minimum Gasteiger partial charge on any atom is -0.496 e. The van der Waals surface area contributed by atoms with Gasteiger partial charge in [0.05, 0.1) is 74.0 Å². The van der Waals surface area contributed by atoms with Crippen molar-refractivity contribution in [3.8, 4) is 34.5 Å². The van der Waals surface area contributed by atoms with Crippen molar-refractivity contribution in [1.29, 1.82) is 21.6 Å². The van der Waals surface area contributed by atoms with E-state index >= 15 is 0 Å². The molecular weight excluding hydrogens is 1310 g/mol. The van der Waals surface area contributed by atoms with Crippen LogP contribution in [0.5, 0.6) is 34.5 Å². The summed E-state index contributed by atoms with van der Waals surface area (Å²) in [5, 5.41) is 53.2. The van der Waals surface area contributed by atoms with Gasteiger partial charge in [0, 0.05) is 95.5 Å². The molecule has 5 rings (SSSR count). The van der Waals surface area contributed by atoms with Gasteiger partial charge in [-0.05, 0) is 187 Å². The standard InChI is InChI=1S/C72H116N18O12/c1-89(2)33-31-81-65(93)53-42-55(63(101-37-17-9-13-29-85-71(77)78)45-61(53)99-35-15-7-11-27-83-69(73)74)67(95)87-49-23-19-47(20-24-49)39-57(91)51-41-52(60(98-6)44-59(51)97-5)58(92)40-48-21-25-50(26-22-48)88-68(96)56-43-54(66(94)82-32-34-90(3)4)62(100-36-16-8-12-28-84-70(75)76)46-64(56)102-38-18-10-14-30-86-72(79)80/h41-50H,7-40H2,1-6H3,(H,81,93)(H,82,94)(H,87,95)(H,88,96)(H4,73,74,83)(H4,75,76,84)(H4,77,78,85)(H4,79,80,86)/t47-,48-,49-,50-. The minimum absolute atomic E-state index is 0.0319. The molecule has 3 aromatic carbocycles. The monoisotopic (exact) mass is 1420 g/mol. The summed E-state index contributed by atoms with van der Waals surface area (Å²) in [6.45, 7) is 5.16. The zero-order valence-electron chi connectivity index (χ0n) is 60.9. The molecule has 0 heterocycles. The zero-order valence-corrected chi connectivity index (χ0v) is 60.9. The Morgan fingerprint density at radius 3 is 0.912 bits per heavy atom. The lowest BCUT2D eigenvalue weighted by molar-refractivity contribution is 0.0889. The van der Waals surface area contributed by atoms with E-state index in [9.17, 15) is 28.8 Å². The van der Waals surface area contributed by atoms with Crippen molar-refractivity contribution in [2.45, 2.75) is 153 Å². The third-order valence-corrected chi connectivity index (χ3v) is 17.8. The molecule has 0 radical (unpaired) electrons. The third kappa shape index (κ3) is 30.5. The second kappa shape index (κ2) is 45.5. The predicted molar refractivity (Wildman–Crippen MR) is 396 cm³/mol. The number of carbonyl (C=O) groups excluding carboxylic acids is 6. The van der Waals surface area contributed by atoms with Gasteiger partial charge in [0.2, 0.25) is 0 Å². The molecule has 0 saturated heterocycles. The number of carbonyl (C=O) groups is 6. The summed E-state index contributed by atoms with van der Waals surface area (Å²) in [5.74, 6) is -0.819. The number of ketones is 2. The van der Waals surface area contributed by atoms with Crippen molar-refractivity contribution in [1.82, 2.24) is 52.3 Å². The molecule has 2 aliphatic carbocycles. The summed E-state index contributed by atoms with van der Waals surface area (Å²) in [6, 6.07) is 8.98.